The van der Waals surface area contributed by atoms with Crippen LogP contribution in [-0.4, -0.2) is 0 Å². The summed E-state index contributed by atoms with van der Waals surface area (Å²) in [6.45, 7) is 4.30. The van der Waals surface area contributed by atoms with Crippen molar-refractivity contribution in [1.29, 1.82) is 0 Å². The number of allylic oxidation sites excluding steroid dienone is 8. The van der Waals surface area contributed by atoms with Gasteiger partial charge in [0, 0.05) is 0 Å². The van der Waals surface area contributed by atoms with Crippen molar-refractivity contribution >= 4 is 0 Å². The summed E-state index contributed by atoms with van der Waals surface area (Å²) in [5.41, 5.74) is 5.55. The van der Waals surface area contributed by atoms with Gasteiger partial charge in [0.05, 0.1) is 0 Å². The summed E-state index contributed by atoms with van der Waals surface area (Å²) in [7, 11) is 0. The number of benzene rings is 2. The summed E-state index contributed by atoms with van der Waals surface area (Å²) in [4.78, 5) is 0. The van der Waals surface area contributed by atoms with Crippen molar-refractivity contribution < 1.29 is 26.2 Å². The molecule has 2 aliphatic rings. The Labute approximate surface area is 197 Å². The average molecular weight is 460 g/mol. The maximum Gasteiger partial charge on any atom is 2.00 e. The van der Waals surface area contributed by atoms with E-state index >= 15 is 0 Å². The second kappa shape index (κ2) is 16.1. The van der Waals surface area contributed by atoms with Crippen LogP contribution in [0.1, 0.15) is 50.7 Å². The van der Waals surface area contributed by atoms with Crippen LogP contribution in [0.4, 0.5) is 0 Å². The molecule has 0 aliphatic heterocycles. The zero-order valence-electron chi connectivity index (χ0n) is 17.8. The third kappa shape index (κ3) is 11.1. The Morgan fingerprint density at radius 1 is 0.621 bits per heavy atom. The molecule has 1 heteroatoms. The fourth-order valence-corrected chi connectivity index (χ4v) is 2.96. The summed E-state index contributed by atoms with van der Waals surface area (Å²) >= 11 is 0. The molecule has 0 radical (unpaired) electrons. The quantitative estimate of drug-likeness (QED) is 0.403. The Balaban J connectivity index is 0.000000237. The summed E-state index contributed by atoms with van der Waals surface area (Å²) in [5, 5.41) is 0. The minimum atomic E-state index is 0. The first-order chi connectivity index (χ1) is 13.8. The first-order valence-corrected chi connectivity index (χ1v) is 10.4. The molecule has 2 aliphatic carbocycles. The molecule has 0 bridgehead atoms. The maximum atomic E-state index is 3.21. The van der Waals surface area contributed by atoms with E-state index in [1.807, 2.05) is 0 Å². The number of rotatable bonds is 5. The van der Waals surface area contributed by atoms with Gasteiger partial charge in [0.15, 0.2) is 0 Å². The first-order valence-electron chi connectivity index (χ1n) is 10.4. The third-order valence-corrected chi connectivity index (χ3v) is 4.68. The molecule has 0 aromatic heterocycles. The van der Waals surface area contributed by atoms with Crippen LogP contribution in [-0.2, 0) is 39.0 Å². The predicted molar refractivity (Wildman–Crippen MR) is 122 cm³/mol. The molecular weight excluding hydrogens is 428 g/mol. The number of hydrogen-bond donors (Lipinski definition) is 0. The van der Waals surface area contributed by atoms with E-state index in [1.165, 1.54) is 22.3 Å². The average Bonchev–Trinajstić information content (AvgIpc) is 3.48. The third-order valence-electron chi connectivity index (χ3n) is 4.68. The zero-order valence-corrected chi connectivity index (χ0v) is 20.3. The van der Waals surface area contributed by atoms with E-state index in [0.717, 1.165) is 38.5 Å². The molecule has 0 fully saturated rings. The van der Waals surface area contributed by atoms with E-state index in [4.69, 9.17) is 0 Å². The molecule has 2 aromatic carbocycles. The monoisotopic (exact) mass is 458 g/mol. The smallest absolute Gasteiger partial charge is 0.270 e. The molecule has 0 spiro atoms. The van der Waals surface area contributed by atoms with E-state index in [-0.39, 0.29) is 26.2 Å². The summed E-state index contributed by atoms with van der Waals surface area (Å²) in [6.07, 6.45) is 21.6. The Morgan fingerprint density at radius 3 is 1.24 bits per heavy atom. The molecular formula is C28H32Zr. The largest absolute Gasteiger partial charge is 2.00 e. The number of aryl methyl sites for hydroxylation is 2. The topological polar surface area (TPSA) is 0 Å². The van der Waals surface area contributed by atoms with Gasteiger partial charge in [-0.2, -0.15) is 12.2 Å². The summed E-state index contributed by atoms with van der Waals surface area (Å²) in [6, 6.07) is 21.2. The standard InChI is InChI=1S/C14H14.2C7H9.Zr/c1-3-7-13(8-4-1)11-12-14-9-5-2-6-10-14;2*1-2-7-5-3-4-6-7;/h1-10H,11-12H2;2*3,5H,2,4H2,1H3;/q;2*-1;+2. The Hall–Kier alpha value is -1.72. The van der Waals surface area contributed by atoms with Gasteiger partial charge in [-0.15, -0.1) is 12.8 Å². The van der Waals surface area contributed by atoms with E-state index in [9.17, 15) is 0 Å². The second-order valence-corrected chi connectivity index (χ2v) is 6.80. The molecule has 0 heterocycles. The van der Waals surface area contributed by atoms with E-state index < -0.39 is 0 Å². The molecule has 0 unspecified atom stereocenters. The van der Waals surface area contributed by atoms with Gasteiger partial charge < -0.3 is 0 Å². The molecule has 0 saturated carbocycles. The molecule has 0 N–H and O–H groups in total. The molecule has 0 atom stereocenters. The normalized spacial score (nSPS) is 13.3. The van der Waals surface area contributed by atoms with Crippen molar-refractivity contribution in [3.05, 3.63) is 119 Å². The van der Waals surface area contributed by atoms with Crippen LogP contribution in [0.5, 0.6) is 0 Å². The summed E-state index contributed by atoms with van der Waals surface area (Å²) < 4.78 is 0. The zero-order chi connectivity index (χ0) is 19.9. The van der Waals surface area contributed by atoms with Gasteiger partial charge in [0.25, 0.3) is 0 Å². The van der Waals surface area contributed by atoms with Crippen LogP contribution in [0, 0.1) is 12.2 Å². The second-order valence-electron chi connectivity index (χ2n) is 6.80. The van der Waals surface area contributed by atoms with E-state index in [1.54, 1.807) is 0 Å². The maximum absolute atomic E-state index is 3.21. The van der Waals surface area contributed by atoms with Crippen molar-refractivity contribution in [1.82, 2.24) is 0 Å². The van der Waals surface area contributed by atoms with Crippen molar-refractivity contribution in [2.24, 2.45) is 0 Å². The van der Waals surface area contributed by atoms with Crippen LogP contribution in [0.3, 0.4) is 0 Å². The Bertz CT molecular complexity index is 710. The van der Waals surface area contributed by atoms with Crippen molar-refractivity contribution in [2.45, 2.75) is 52.4 Å². The SMILES string of the molecule is CCC1=[C-]CC=C1.CCC1=[C-]CC=C1.[Zr+2].c1ccc(CCc2ccccc2)cc1. The van der Waals surface area contributed by atoms with E-state index in [0.29, 0.717) is 0 Å². The molecule has 0 amide bonds. The van der Waals surface area contributed by atoms with Gasteiger partial charge in [-0.05, 0) is 24.0 Å². The summed E-state index contributed by atoms with van der Waals surface area (Å²) in [5.74, 6) is 0. The minimum Gasteiger partial charge on any atom is -0.270 e. The predicted octanol–water partition coefficient (Wildman–Crippen LogP) is 7.64. The van der Waals surface area contributed by atoms with Crippen LogP contribution in [0.2, 0.25) is 0 Å². The van der Waals surface area contributed by atoms with Gasteiger partial charge in [-0.1, -0.05) is 87.4 Å². The van der Waals surface area contributed by atoms with Crippen molar-refractivity contribution in [2.75, 3.05) is 0 Å². The van der Waals surface area contributed by atoms with Crippen LogP contribution in [0.25, 0.3) is 0 Å². The number of hydrogen-bond acceptors (Lipinski definition) is 0. The molecule has 2 aromatic rings. The molecule has 0 saturated heterocycles. The van der Waals surface area contributed by atoms with Crippen LogP contribution in [0.15, 0.2) is 96.1 Å². The fourth-order valence-electron chi connectivity index (χ4n) is 2.96. The molecule has 4 rings (SSSR count). The fraction of sp³-hybridized carbons (Fsp3) is 0.286. The van der Waals surface area contributed by atoms with Gasteiger partial charge in [0.1, 0.15) is 0 Å². The van der Waals surface area contributed by atoms with E-state index in [2.05, 4.69) is 111 Å². The first kappa shape index (κ1) is 25.3. The van der Waals surface area contributed by atoms with Crippen LogP contribution < -0.4 is 0 Å². The minimum absolute atomic E-state index is 0. The van der Waals surface area contributed by atoms with Crippen molar-refractivity contribution in [3.63, 3.8) is 0 Å². The Kier molecular flexibility index (Phi) is 14.1. The van der Waals surface area contributed by atoms with Crippen LogP contribution >= 0.6 is 0 Å². The van der Waals surface area contributed by atoms with Gasteiger partial charge >= 0.3 is 26.2 Å². The molecule has 148 valence electrons. The Morgan fingerprint density at radius 2 is 1.00 bits per heavy atom. The van der Waals surface area contributed by atoms with Gasteiger partial charge in [-0.25, -0.2) is 23.3 Å². The van der Waals surface area contributed by atoms with Crippen molar-refractivity contribution in [3.8, 4) is 0 Å². The molecule has 29 heavy (non-hydrogen) atoms. The van der Waals surface area contributed by atoms with Gasteiger partial charge in [0.2, 0.25) is 0 Å². The van der Waals surface area contributed by atoms with Gasteiger partial charge in [-0.3, -0.25) is 12.2 Å². The molecule has 0 nitrogen and oxygen atoms in total.